The quantitative estimate of drug-likeness (QED) is 0.467. The standard InChI is InChI=1S/C29H28ClN3O4/c1-4-37-22-12-10-21(11-13-22)33-28(19-7-14-23(35-2)24(17-19)36-3)25-26(18-5-8-20(30)9-6-18)31-15-16-32-27(25)29(33)34/h5-14,17,28,32H,4,15-16H2,1-3H3/t28-/m0/s1. The molecule has 0 fully saturated rings. The molecule has 0 aliphatic carbocycles. The van der Waals surface area contributed by atoms with E-state index in [0.717, 1.165) is 33.8 Å². The third-order valence-corrected chi connectivity index (χ3v) is 6.69. The van der Waals surface area contributed by atoms with Crippen LogP contribution in [0.4, 0.5) is 5.69 Å². The zero-order chi connectivity index (χ0) is 25.9. The number of nitrogens with one attached hydrogen (secondary N) is 1. The van der Waals surface area contributed by atoms with Crippen LogP contribution in [0.25, 0.3) is 0 Å². The second-order valence-electron chi connectivity index (χ2n) is 8.57. The number of benzene rings is 3. The summed E-state index contributed by atoms with van der Waals surface area (Å²) < 4.78 is 16.7. The number of halogens is 1. The molecule has 0 spiro atoms. The molecule has 3 aromatic rings. The molecule has 2 aliphatic rings. The lowest BCUT2D eigenvalue weighted by Gasteiger charge is -2.29. The second-order valence-corrected chi connectivity index (χ2v) is 9.01. The van der Waals surface area contributed by atoms with E-state index in [4.69, 9.17) is 30.8 Å². The number of hydrogen-bond acceptors (Lipinski definition) is 6. The largest absolute Gasteiger partial charge is 0.494 e. The molecule has 1 atom stereocenters. The molecule has 1 N–H and O–H groups in total. The molecule has 8 heteroatoms. The van der Waals surface area contributed by atoms with Gasteiger partial charge < -0.3 is 19.5 Å². The zero-order valence-corrected chi connectivity index (χ0v) is 21.7. The predicted molar refractivity (Wildman–Crippen MR) is 145 cm³/mol. The van der Waals surface area contributed by atoms with Crippen molar-refractivity contribution in [3.63, 3.8) is 0 Å². The molecule has 0 unspecified atom stereocenters. The predicted octanol–water partition coefficient (Wildman–Crippen LogP) is 5.19. The van der Waals surface area contributed by atoms with E-state index >= 15 is 0 Å². The Balaban J connectivity index is 1.69. The Kier molecular flexibility index (Phi) is 7.06. The number of carbonyl (C=O) groups excluding carboxylic acids is 1. The molecule has 2 aliphatic heterocycles. The Morgan fingerprint density at radius 2 is 1.73 bits per heavy atom. The first-order valence-corrected chi connectivity index (χ1v) is 12.5. The Labute approximate surface area is 221 Å². The summed E-state index contributed by atoms with van der Waals surface area (Å²) >= 11 is 6.18. The van der Waals surface area contributed by atoms with Gasteiger partial charge in [0.2, 0.25) is 0 Å². The maximum atomic E-state index is 14.0. The second kappa shape index (κ2) is 10.6. The Morgan fingerprint density at radius 1 is 1.00 bits per heavy atom. The highest BCUT2D eigenvalue weighted by molar-refractivity contribution is 6.31. The molecule has 0 aromatic heterocycles. The van der Waals surface area contributed by atoms with Gasteiger partial charge in [0.15, 0.2) is 11.5 Å². The highest BCUT2D eigenvalue weighted by atomic mass is 35.5. The lowest BCUT2D eigenvalue weighted by atomic mass is 9.91. The van der Waals surface area contributed by atoms with Gasteiger partial charge in [0, 0.05) is 28.4 Å². The minimum Gasteiger partial charge on any atom is -0.494 e. The Hall–Kier alpha value is -3.97. The lowest BCUT2D eigenvalue weighted by molar-refractivity contribution is -0.115. The molecule has 37 heavy (non-hydrogen) atoms. The monoisotopic (exact) mass is 517 g/mol. The molecule has 0 bridgehead atoms. The molecule has 5 rings (SSSR count). The number of rotatable bonds is 7. The van der Waals surface area contributed by atoms with Gasteiger partial charge in [0.25, 0.3) is 5.91 Å². The van der Waals surface area contributed by atoms with Crippen LogP contribution in [0.2, 0.25) is 5.02 Å². The summed E-state index contributed by atoms with van der Waals surface area (Å²) in [5.74, 6) is 1.82. The number of aliphatic imine (C=N–C) groups is 1. The van der Waals surface area contributed by atoms with Crippen LogP contribution in [0.15, 0.2) is 83.0 Å². The number of methoxy groups -OCH3 is 2. The fourth-order valence-electron chi connectivity index (χ4n) is 4.80. The van der Waals surface area contributed by atoms with Crippen LogP contribution in [-0.4, -0.2) is 45.5 Å². The van der Waals surface area contributed by atoms with Crippen molar-refractivity contribution in [2.24, 2.45) is 4.99 Å². The first kappa shape index (κ1) is 24.7. The fraction of sp³-hybridized carbons (Fsp3) is 0.241. The van der Waals surface area contributed by atoms with E-state index in [1.807, 2.05) is 73.7 Å². The molecule has 0 saturated carbocycles. The van der Waals surface area contributed by atoms with E-state index in [9.17, 15) is 4.79 Å². The number of hydrogen-bond donors (Lipinski definition) is 1. The van der Waals surface area contributed by atoms with Crippen molar-refractivity contribution in [3.8, 4) is 17.2 Å². The van der Waals surface area contributed by atoms with E-state index in [-0.39, 0.29) is 5.91 Å². The average molecular weight is 518 g/mol. The normalized spacial score (nSPS) is 17.1. The topological polar surface area (TPSA) is 72.4 Å². The van der Waals surface area contributed by atoms with Gasteiger partial charge in [-0.25, -0.2) is 0 Å². The third-order valence-electron chi connectivity index (χ3n) is 6.44. The summed E-state index contributed by atoms with van der Waals surface area (Å²) in [7, 11) is 3.20. The molecule has 190 valence electrons. The van der Waals surface area contributed by atoms with Crippen molar-refractivity contribution in [3.05, 3.63) is 94.1 Å². The van der Waals surface area contributed by atoms with Gasteiger partial charge in [-0.3, -0.25) is 14.7 Å². The van der Waals surface area contributed by atoms with Crippen molar-refractivity contribution in [1.29, 1.82) is 0 Å². The van der Waals surface area contributed by atoms with Gasteiger partial charge in [-0.1, -0.05) is 29.8 Å². The summed E-state index contributed by atoms with van der Waals surface area (Å²) in [5, 5.41) is 3.99. The number of amides is 1. The van der Waals surface area contributed by atoms with Crippen LogP contribution in [-0.2, 0) is 4.79 Å². The molecular formula is C29H28ClN3O4. The van der Waals surface area contributed by atoms with Gasteiger partial charge in [0.05, 0.1) is 39.1 Å². The molecular weight excluding hydrogens is 490 g/mol. The van der Waals surface area contributed by atoms with Gasteiger partial charge in [-0.15, -0.1) is 0 Å². The Bertz CT molecular complexity index is 1370. The molecule has 3 aromatic carbocycles. The molecule has 1 amide bonds. The highest BCUT2D eigenvalue weighted by Gasteiger charge is 2.44. The molecule has 0 saturated heterocycles. The lowest BCUT2D eigenvalue weighted by Crippen LogP contribution is -2.33. The van der Waals surface area contributed by atoms with Gasteiger partial charge in [0.1, 0.15) is 11.4 Å². The Morgan fingerprint density at radius 3 is 2.41 bits per heavy atom. The van der Waals surface area contributed by atoms with Crippen molar-refractivity contribution in [2.75, 3.05) is 38.8 Å². The fourth-order valence-corrected chi connectivity index (χ4v) is 4.93. The minimum absolute atomic E-state index is 0.123. The summed E-state index contributed by atoms with van der Waals surface area (Å²) in [5.41, 5.74) is 4.63. The van der Waals surface area contributed by atoms with Crippen molar-refractivity contribution in [2.45, 2.75) is 13.0 Å². The number of anilines is 1. The van der Waals surface area contributed by atoms with E-state index in [2.05, 4.69) is 5.32 Å². The smallest absolute Gasteiger partial charge is 0.275 e. The average Bonchev–Trinajstić information content (AvgIpc) is 3.06. The first-order valence-electron chi connectivity index (χ1n) is 12.1. The van der Waals surface area contributed by atoms with Gasteiger partial charge >= 0.3 is 0 Å². The number of ether oxygens (including phenoxy) is 3. The van der Waals surface area contributed by atoms with E-state index in [1.165, 1.54) is 0 Å². The third kappa shape index (κ3) is 4.62. The van der Waals surface area contributed by atoms with Crippen LogP contribution in [0.3, 0.4) is 0 Å². The summed E-state index contributed by atoms with van der Waals surface area (Å²) in [6, 6.07) is 20.4. The molecule has 0 radical (unpaired) electrons. The summed E-state index contributed by atoms with van der Waals surface area (Å²) in [4.78, 5) is 20.8. The maximum Gasteiger partial charge on any atom is 0.275 e. The highest BCUT2D eigenvalue weighted by Crippen LogP contribution is 2.44. The van der Waals surface area contributed by atoms with Crippen molar-refractivity contribution >= 4 is 28.9 Å². The van der Waals surface area contributed by atoms with Crippen LogP contribution in [0.5, 0.6) is 17.2 Å². The van der Waals surface area contributed by atoms with Crippen LogP contribution in [0, 0.1) is 0 Å². The molecule has 7 nitrogen and oxygen atoms in total. The summed E-state index contributed by atoms with van der Waals surface area (Å²) in [6.07, 6.45) is 0. The first-order chi connectivity index (χ1) is 18.0. The van der Waals surface area contributed by atoms with Crippen LogP contribution in [0.1, 0.15) is 24.1 Å². The molecule has 2 heterocycles. The maximum absolute atomic E-state index is 14.0. The minimum atomic E-state index is -0.458. The van der Waals surface area contributed by atoms with E-state index in [0.29, 0.717) is 41.9 Å². The zero-order valence-electron chi connectivity index (χ0n) is 21.0. The number of carbonyl (C=O) groups is 1. The summed E-state index contributed by atoms with van der Waals surface area (Å²) in [6.45, 7) is 3.60. The van der Waals surface area contributed by atoms with Gasteiger partial charge in [-0.2, -0.15) is 0 Å². The number of nitrogens with zero attached hydrogens (tertiary/aromatic N) is 2. The van der Waals surface area contributed by atoms with Crippen molar-refractivity contribution in [1.82, 2.24) is 5.32 Å². The van der Waals surface area contributed by atoms with Crippen molar-refractivity contribution < 1.29 is 19.0 Å². The van der Waals surface area contributed by atoms with Gasteiger partial charge in [-0.05, 0) is 61.0 Å². The van der Waals surface area contributed by atoms with E-state index < -0.39 is 6.04 Å². The van der Waals surface area contributed by atoms with E-state index in [1.54, 1.807) is 19.1 Å². The SMILES string of the molecule is CCOc1ccc(N2C(=O)C3=C(C(c4ccc(Cl)cc4)=NCCN3)[C@@H]2c2ccc(OC)c(OC)c2)cc1. The van der Waals surface area contributed by atoms with Crippen LogP contribution >= 0.6 is 11.6 Å². The van der Waals surface area contributed by atoms with Crippen LogP contribution < -0.4 is 24.4 Å².